The lowest BCUT2D eigenvalue weighted by atomic mass is 10.1. The Morgan fingerprint density at radius 1 is 1.14 bits per heavy atom. The summed E-state index contributed by atoms with van der Waals surface area (Å²) in [6, 6.07) is 11.9. The monoisotopic (exact) mass is 513 g/mol. The fourth-order valence-corrected chi connectivity index (χ4v) is 4.84. The quantitative estimate of drug-likeness (QED) is 0.483. The molecule has 36 heavy (non-hydrogen) atoms. The SMILES string of the molecule is CCNC(=O)Nc1ccc(-c2cc(-c3cc(F)ccc3S(C)(=O)=O)nc(N3CCOCC3C)n2)cc1. The van der Waals surface area contributed by atoms with Gasteiger partial charge in [-0.1, -0.05) is 12.1 Å². The van der Waals surface area contributed by atoms with Crippen molar-refractivity contribution < 1.29 is 22.3 Å². The fraction of sp³-hybridized carbons (Fsp3) is 0.320. The number of ether oxygens (including phenoxy) is 1. The number of morpholine rings is 1. The molecule has 0 aliphatic carbocycles. The second-order valence-corrected chi connectivity index (χ2v) is 10.5. The molecule has 1 aliphatic heterocycles. The lowest BCUT2D eigenvalue weighted by molar-refractivity contribution is 0.0981. The first kappa shape index (κ1) is 25.5. The molecule has 2 N–H and O–H groups in total. The van der Waals surface area contributed by atoms with Crippen LogP contribution in [0.4, 0.5) is 20.8 Å². The summed E-state index contributed by atoms with van der Waals surface area (Å²) in [5, 5.41) is 5.41. The third-order valence-electron chi connectivity index (χ3n) is 5.73. The molecule has 1 unspecified atom stereocenters. The standard InChI is InChI=1S/C25H28FN5O4S/c1-4-27-25(32)28-19-8-5-17(6-9-19)21-14-22(20-13-18(26)7-10-23(20)36(3,33)34)30-24(29-21)31-11-12-35-15-16(31)2/h5-10,13-14,16H,4,11-12,15H2,1-3H3,(H2,27,28,32). The van der Waals surface area contributed by atoms with Gasteiger partial charge in [-0.15, -0.1) is 0 Å². The van der Waals surface area contributed by atoms with E-state index in [1.54, 1.807) is 30.3 Å². The predicted molar refractivity (Wildman–Crippen MR) is 136 cm³/mol. The normalized spacial score (nSPS) is 16.0. The number of aromatic nitrogens is 2. The topological polar surface area (TPSA) is 114 Å². The van der Waals surface area contributed by atoms with E-state index in [-0.39, 0.29) is 28.2 Å². The first-order chi connectivity index (χ1) is 17.2. The van der Waals surface area contributed by atoms with Gasteiger partial charge in [0.05, 0.1) is 35.5 Å². The molecule has 4 rings (SSSR count). The summed E-state index contributed by atoms with van der Waals surface area (Å²) in [5.41, 5.74) is 2.31. The van der Waals surface area contributed by atoms with Crippen LogP contribution in [-0.2, 0) is 14.6 Å². The van der Waals surface area contributed by atoms with Gasteiger partial charge in [0.25, 0.3) is 0 Å². The van der Waals surface area contributed by atoms with Crippen molar-refractivity contribution in [2.24, 2.45) is 0 Å². The van der Waals surface area contributed by atoms with Crippen LogP contribution in [0, 0.1) is 5.82 Å². The Morgan fingerprint density at radius 2 is 1.86 bits per heavy atom. The molecule has 2 aromatic carbocycles. The maximum absolute atomic E-state index is 14.3. The predicted octanol–water partition coefficient (Wildman–Crippen LogP) is 3.72. The zero-order valence-corrected chi connectivity index (χ0v) is 21.1. The molecule has 1 atom stereocenters. The Bertz CT molecular complexity index is 1370. The number of nitrogens with one attached hydrogen (secondary N) is 2. The molecule has 1 aromatic heterocycles. The minimum atomic E-state index is -3.65. The molecule has 1 fully saturated rings. The zero-order chi connectivity index (χ0) is 25.9. The molecule has 11 heteroatoms. The van der Waals surface area contributed by atoms with Crippen LogP contribution in [0.25, 0.3) is 22.5 Å². The maximum Gasteiger partial charge on any atom is 0.319 e. The summed E-state index contributed by atoms with van der Waals surface area (Å²) in [4.78, 5) is 23.2. The van der Waals surface area contributed by atoms with E-state index in [4.69, 9.17) is 9.72 Å². The number of rotatable bonds is 6. The van der Waals surface area contributed by atoms with Crippen LogP contribution in [0.5, 0.6) is 0 Å². The number of hydrogen-bond acceptors (Lipinski definition) is 7. The molecule has 2 amide bonds. The number of benzene rings is 2. The molecule has 0 saturated carbocycles. The second kappa shape index (κ2) is 10.6. The number of anilines is 2. The van der Waals surface area contributed by atoms with Crippen LogP contribution < -0.4 is 15.5 Å². The molecule has 0 spiro atoms. The van der Waals surface area contributed by atoms with Gasteiger partial charge in [0, 0.05) is 36.2 Å². The molecular weight excluding hydrogens is 485 g/mol. The van der Waals surface area contributed by atoms with Crippen LogP contribution >= 0.6 is 0 Å². The van der Waals surface area contributed by atoms with Crippen molar-refractivity contribution in [3.63, 3.8) is 0 Å². The van der Waals surface area contributed by atoms with E-state index in [0.717, 1.165) is 17.9 Å². The van der Waals surface area contributed by atoms with Crippen LogP contribution in [0.2, 0.25) is 0 Å². The summed E-state index contributed by atoms with van der Waals surface area (Å²) in [5.74, 6) is -0.175. The highest BCUT2D eigenvalue weighted by molar-refractivity contribution is 7.90. The number of carbonyl (C=O) groups is 1. The van der Waals surface area contributed by atoms with Crippen molar-refractivity contribution in [2.45, 2.75) is 24.8 Å². The van der Waals surface area contributed by atoms with E-state index in [9.17, 15) is 17.6 Å². The number of nitrogens with zero attached hydrogens (tertiary/aromatic N) is 3. The molecule has 0 radical (unpaired) electrons. The first-order valence-electron chi connectivity index (χ1n) is 11.5. The van der Waals surface area contributed by atoms with Gasteiger partial charge >= 0.3 is 6.03 Å². The number of urea groups is 1. The molecule has 3 aromatic rings. The highest BCUT2D eigenvalue weighted by Gasteiger charge is 2.24. The van der Waals surface area contributed by atoms with Crippen LogP contribution in [0.3, 0.4) is 0 Å². The van der Waals surface area contributed by atoms with Gasteiger partial charge in [-0.2, -0.15) is 0 Å². The number of hydrogen-bond donors (Lipinski definition) is 2. The summed E-state index contributed by atoms with van der Waals surface area (Å²) in [6.07, 6.45) is 1.08. The van der Waals surface area contributed by atoms with Crippen molar-refractivity contribution >= 4 is 27.5 Å². The molecule has 9 nitrogen and oxygen atoms in total. The Morgan fingerprint density at radius 3 is 2.53 bits per heavy atom. The molecule has 1 aliphatic rings. The van der Waals surface area contributed by atoms with E-state index in [2.05, 4.69) is 15.6 Å². The smallest absolute Gasteiger partial charge is 0.319 e. The lowest BCUT2D eigenvalue weighted by Gasteiger charge is -2.33. The van der Waals surface area contributed by atoms with Crippen LogP contribution in [0.15, 0.2) is 53.4 Å². The maximum atomic E-state index is 14.3. The summed E-state index contributed by atoms with van der Waals surface area (Å²) < 4.78 is 44.7. The van der Waals surface area contributed by atoms with Gasteiger partial charge in [0.15, 0.2) is 9.84 Å². The van der Waals surface area contributed by atoms with Gasteiger partial charge < -0.3 is 20.3 Å². The van der Waals surface area contributed by atoms with Gasteiger partial charge in [0.2, 0.25) is 5.95 Å². The molecule has 0 bridgehead atoms. The van der Waals surface area contributed by atoms with Gasteiger partial charge in [-0.3, -0.25) is 0 Å². The number of sulfone groups is 1. The number of amides is 2. The summed E-state index contributed by atoms with van der Waals surface area (Å²) in [6.45, 7) is 5.88. The van der Waals surface area contributed by atoms with Crippen molar-refractivity contribution in [3.05, 3.63) is 54.3 Å². The molecular formula is C25H28FN5O4S. The average molecular weight is 514 g/mol. The Kier molecular flexibility index (Phi) is 7.51. The molecule has 2 heterocycles. The summed E-state index contributed by atoms with van der Waals surface area (Å²) >= 11 is 0. The highest BCUT2D eigenvalue weighted by atomic mass is 32.2. The van der Waals surface area contributed by atoms with Crippen molar-refractivity contribution in [2.75, 3.05) is 42.8 Å². The van der Waals surface area contributed by atoms with Gasteiger partial charge in [-0.25, -0.2) is 27.6 Å². The Balaban J connectivity index is 1.82. The third kappa shape index (κ3) is 5.80. The van der Waals surface area contributed by atoms with E-state index in [1.807, 2.05) is 18.7 Å². The van der Waals surface area contributed by atoms with Gasteiger partial charge in [-0.05, 0) is 50.2 Å². The number of halogens is 1. The largest absolute Gasteiger partial charge is 0.377 e. The van der Waals surface area contributed by atoms with E-state index in [1.165, 1.54) is 12.1 Å². The van der Waals surface area contributed by atoms with E-state index < -0.39 is 15.7 Å². The fourth-order valence-electron chi connectivity index (χ4n) is 3.96. The van der Waals surface area contributed by atoms with Crippen molar-refractivity contribution in [1.82, 2.24) is 15.3 Å². The third-order valence-corrected chi connectivity index (χ3v) is 6.89. The van der Waals surface area contributed by atoms with Crippen molar-refractivity contribution in [1.29, 1.82) is 0 Å². The van der Waals surface area contributed by atoms with Crippen molar-refractivity contribution in [3.8, 4) is 22.5 Å². The second-order valence-electron chi connectivity index (χ2n) is 8.53. The highest BCUT2D eigenvalue weighted by Crippen LogP contribution is 2.32. The number of carbonyl (C=O) groups excluding carboxylic acids is 1. The molecule has 1 saturated heterocycles. The first-order valence-corrected chi connectivity index (χ1v) is 13.4. The minimum Gasteiger partial charge on any atom is -0.377 e. The van der Waals surface area contributed by atoms with E-state index >= 15 is 0 Å². The lowest BCUT2D eigenvalue weighted by Crippen LogP contribution is -2.44. The minimum absolute atomic E-state index is 0.00704. The Labute approximate surface area is 209 Å². The zero-order valence-electron chi connectivity index (χ0n) is 20.3. The van der Waals surface area contributed by atoms with E-state index in [0.29, 0.717) is 43.6 Å². The van der Waals surface area contributed by atoms with Crippen LogP contribution in [0.1, 0.15) is 13.8 Å². The average Bonchev–Trinajstić information content (AvgIpc) is 2.84. The molecule has 190 valence electrons. The van der Waals surface area contributed by atoms with Gasteiger partial charge in [0.1, 0.15) is 5.82 Å². The summed E-state index contributed by atoms with van der Waals surface area (Å²) in [7, 11) is -3.65. The van der Waals surface area contributed by atoms with Crippen LogP contribution in [-0.4, -0.2) is 63.0 Å². The Hall–Kier alpha value is -3.57.